The number of thiocarbonyl (C=S) groups is 1. The molecule has 0 N–H and O–H groups in total. The molecule has 2 aliphatic heterocycles. The monoisotopic (exact) mass is 444 g/mol. The molecule has 0 aliphatic carbocycles. The zero-order valence-electron chi connectivity index (χ0n) is 15.0. The Balaban J connectivity index is 1.81. The number of para-hydroxylation sites is 1. The maximum atomic E-state index is 13.2. The highest BCUT2D eigenvalue weighted by Gasteiger charge is 2.43. The van der Waals surface area contributed by atoms with Gasteiger partial charge in [0.05, 0.1) is 29.0 Å². The van der Waals surface area contributed by atoms with Gasteiger partial charge in [-0.2, -0.15) is 0 Å². The van der Waals surface area contributed by atoms with Gasteiger partial charge in [0.2, 0.25) is 0 Å². The van der Waals surface area contributed by atoms with Crippen molar-refractivity contribution in [3.8, 4) is 0 Å². The van der Waals surface area contributed by atoms with E-state index < -0.39 is 17.8 Å². The highest BCUT2D eigenvalue weighted by Crippen LogP contribution is 2.45. The predicted octanol–water partition coefficient (Wildman–Crippen LogP) is 3.64. The highest BCUT2D eigenvalue weighted by molar-refractivity contribution is 8.27. The molecule has 1 saturated heterocycles. The van der Waals surface area contributed by atoms with Gasteiger partial charge in [-0.05, 0) is 24.3 Å². The summed E-state index contributed by atoms with van der Waals surface area (Å²) in [6, 6.07) is 13.8. The van der Waals surface area contributed by atoms with Crippen molar-refractivity contribution in [2.75, 3.05) is 23.5 Å². The van der Waals surface area contributed by atoms with Crippen LogP contribution in [0.15, 0.2) is 53.4 Å². The van der Waals surface area contributed by atoms with Gasteiger partial charge >= 0.3 is 5.97 Å². The summed E-state index contributed by atoms with van der Waals surface area (Å²) in [7, 11) is 1.26. The van der Waals surface area contributed by atoms with E-state index in [1.165, 1.54) is 16.9 Å². The van der Waals surface area contributed by atoms with E-state index >= 15 is 0 Å². The Morgan fingerprint density at radius 2 is 1.90 bits per heavy atom. The zero-order chi connectivity index (χ0) is 20.7. The molecule has 9 heteroatoms. The standard InChI is InChI=1S/C20H13ClN2O4S2/c1-27-15(24)10-22-14-8-3-2-7-13(14)16(18(22)25)17-19(26)23(20(28)29-17)12-6-4-5-11(21)9-12/h2-9H,10H2,1H3. The van der Waals surface area contributed by atoms with Gasteiger partial charge in [0.1, 0.15) is 6.54 Å². The van der Waals surface area contributed by atoms with Crippen molar-refractivity contribution < 1.29 is 19.1 Å². The van der Waals surface area contributed by atoms with Crippen LogP contribution in [0.25, 0.3) is 5.57 Å². The Morgan fingerprint density at radius 3 is 2.62 bits per heavy atom. The first-order valence-electron chi connectivity index (χ1n) is 8.46. The Bertz CT molecular complexity index is 1120. The fraction of sp³-hybridized carbons (Fsp3) is 0.100. The molecule has 0 radical (unpaired) electrons. The number of carbonyl (C=O) groups excluding carboxylic acids is 3. The molecule has 2 aromatic rings. The average molecular weight is 445 g/mol. The molecule has 0 aromatic heterocycles. The number of hydrogen-bond acceptors (Lipinski definition) is 6. The molecule has 0 unspecified atom stereocenters. The third-order valence-corrected chi connectivity index (χ3v) is 6.11. The van der Waals surface area contributed by atoms with Gasteiger partial charge in [-0.1, -0.05) is 59.8 Å². The summed E-state index contributed by atoms with van der Waals surface area (Å²) in [5.74, 6) is -1.40. The smallest absolute Gasteiger partial charge is 0.325 e. The van der Waals surface area contributed by atoms with Crippen LogP contribution in [0.4, 0.5) is 11.4 Å². The SMILES string of the molecule is COC(=O)CN1C(=O)C(=C2SC(=S)N(c3cccc(Cl)c3)C2=O)c2ccccc21. The van der Waals surface area contributed by atoms with Crippen molar-refractivity contribution in [3.63, 3.8) is 0 Å². The van der Waals surface area contributed by atoms with Crippen LogP contribution in [-0.2, 0) is 19.1 Å². The lowest BCUT2D eigenvalue weighted by molar-refractivity contribution is -0.139. The maximum absolute atomic E-state index is 13.2. The second kappa shape index (κ2) is 7.62. The van der Waals surface area contributed by atoms with E-state index in [9.17, 15) is 14.4 Å². The summed E-state index contributed by atoms with van der Waals surface area (Å²) in [6.45, 7) is -0.246. The number of rotatable bonds is 3. The average Bonchev–Trinajstić information content (AvgIpc) is 3.14. The number of hydrogen-bond donors (Lipinski definition) is 0. The van der Waals surface area contributed by atoms with Crippen molar-refractivity contribution in [1.82, 2.24) is 0 Å². The van der Waals surface area contributed by atoms with Crippen LogP contribution in [0, 0.1) is 0 Å². The summed E-state index contributed by atoms with van der Waals surface area (Å²) < 4.78 is 5.00. The van der Waals surface area contributed by atoms with E-state index in [2.05, 4.69) is 0 Å². The van der Waals surface area contributed by atoms with E-state index in [-0.39, 0.29) is 17.0 Å². The van der Waals surface area contributed by atoms with E-state index in [4.69, 9.17) is 28.6 Å². The fourth-order valence-electron chi connectivity index (χ4n) is 3.21. The van der Waals surface area contributed by atoms with Crippen LogP contribution in [0.5, 0.6) is 0 Å². The zero-order valence-corrected chi connectivity index (χ0v) is 17.4. The molecule has 0 atom stereocenters. The number of fused-ring (bicyclic) bond motifs is 1. The van der Waals surface area contributed by atoms with Crippen LogP contribution < -0.4 is 9.80 Å². The minimum Gasteiger partial charge on any atom is -0.468 e. The van der Waals surface area contributed by atoms with E-state index in [1.807, 2.05) is 0 Å². The minimum absolute atomic E-state index is 0.222. The number of carbonyl (C=O) groups is 3. The number of ether oxygens (including phenoxy) is 1. The normalized spacial score (nSPS) is 18.5. The van der Waals surface area contributed by atoms with Crippen molar-refractivity contribution in [2.24, 2.45) is 0 Å². The topological polar surface area (TPSA) is 66.9 Å². The minimum atomic E-state index is -0.555. The second-order valence-corrected chi connectivity index (χ2v) is 8.26. The van der Waals surface area contributed by atoms with E-state index in [0.717, 1.165) is 11.8 Å². The quantitative estimate of drug-likeness (QED) is 0.409. The molecular weight excluding hydrogens is 432 g/mol. The number of esters is 1. The van der Waals surface area contributed by atoms with Crippen molar-refractivity contribution >= 4 is 74.6 Å². The first-order chi connectivity index (χ1) is 13.9. The molecule has 0 spiro atoms. The largest absolute Gasteiger partial charge is 0.468 e. The van der Waals surface area contributed by atoms with Gasteiger partial charge in [0, 0.05) is 10.6 Å². The molecule has 1 fully saturated rings. The third kappa shape index (κ3) is 3.33. The fourth-order valence-corrected chi connectivity index (χ4v) is 4.76. The Kier molecular flexibility index (Phi) is 5.16. The van der Waals surface area contributed by atoms with Crippen LogP contribution in [0.2, 0.25) is 5.02 Å². The van der Waals surface area contributed by atoms with Crippen LogP contribution >= 0.6 is 35.6 Å². The molecule has 0 bridgehead atoms. The Hall–Kier alpha value is -2.68. The van der Waals surface area contributed by atoms with Gasteiger partial charge in [0.15, 0.2) is 4.32 Å². The number of halogens is 1. The summed E-state index contributed by atoms with van der Waals surface area (Å²) in [5, 5.41) is 0.468. The molecule has 0 saturated carbocycles. The molecule has 2 aliphatic rings. The van der Waals surface area contributed by atoms with Gasteiger partial charge in [-0.15, -0.1) is 0 Å². The van der Waals surface area contributed by atoms with Crippen LogP contribution in [0.1, 0.15) is 5.56 Å². The summed E-state index contributed by atoms with van der Waals surface area (Å²) in [5.41, 5.74) is 1.88. The van der Waals surface area contributed by atoms with E-state index in [0.29, 0.717) is 26.3 Å². The Labute approximate surface area is 181 Å². The molecule has 6 nitrogen and oxygen atoms in total. The number of anilines is 2. The van der Waals surface area contributed by atoms with Crippen LogP contribution in [0.3, 0.4) is 0 Å². The third-order valence-electron chi connectivity index (χ3n) is 4.50. The summed E-state index contributed by atoms with van der Waals surface area (Å²) in [6.07, 6.45) is 0. The van der Waals surface area contributed by atoms with E-state index in [1.54, 1.807) is 48.5 Å². The molecular formula is C20H13ClN2O4S2. The lowest BCUT2D eigenvalue weighted by Gasteiger charge is -2.15. The van der Waals surface area contributed by atoms with Crippen LogP contribution in [-0.4, -0.2) is 35.8 Å². The molecule has 2 heterocycles. The number of benzene rings is 2. The van der Waals surface area contributed by atoms with Crippen molar-refractivity contribution in [1.29, 1.82) is 0 Å². The highest BCUT2D eigenvalue weighted by atomic mass is 35.5. The number of nitrogens with zero attached hydrogens (tertiary/aromatic N) is 2. The maximum Gasteiger partial charge on any atom is 0.325 e. The molecule has 2 amide bonds. The summed E-state index contributed by atoms with van der Waals surface area (Å²) in [4.78, 5) is 41.0. The van der Waals surface area contributed by atoms with Gasteiger partial charge in [-0.3, -0.25) is 24.2 Å². The molecule has 146 valence electrons. The number of methoxy groups -OCH3 is 1. The van der Waals surface area contributed by atoms with Crippen molar-refractivity contribution in [2.45, 2.75) is 0 Å². The first kappa shape index (κ1) is 19.6. The van der Waals surface area contributed by atoms with Crippen molar-refractivity contribution in [3.05, 3.63) is 64.0 Å². The van der Waals surface area contributed by atoms with Gasteiger partial charge < -0.3 is 4.74 Å². The first-order valence-corrected chi connectivity index (χ1v) is 10.1. The molecule has 4 rings (SSSR count). The number of amides is 2. The lowest BCUT2D eigenvalue weighted by Crippen LogP contribution is -2.33. The number of thioether (sulfide) groups is 1. The summed E-state index contributed by atoms with van der Waals surface area (Å²) >= 11 is 12.5. The molecule has 29 heavy (non-hydrogen) atoms. The lowest BCUT2D eigenvalue weighted by atomic mass is 10.1. The predicted molar refractivity (Wildman–Crippen MR) is 117 cm³/mol. The van der Waals surface area contributed by atoms with Gasteiger partial charge in [-0.25, -0.2) is 0 Å². The molecule has 2 aromatic carbocycles. The van der Waals surface area contributed by atoms with Gasteiger partial charge in [0.25, 0.3) is 11.8 Å². The second-order valence-electron chi connectivity index (χ2n) is 6.18. The Morgan fingerprint density at radius 1 is 1.14 bits per heavy atom.